The second kappa shape index (κ2) is 9.79. The molecule has 4 rings (SSSR count). The molecule has 1 N–H and O–H groups in total. The van der Waals surface area contributed by atoms with E-state index in [4.69, 9.17) is 25.8 Å². The maximum absolute atomic E-state index is 13.2. The quantitative estimate of drug-likeness (QED) is 0.378. The summed E-state index contributed by atoms with van der Waals surface area (Å²) in [4.78, 5) is 17.9. The van der Waals surface area contributed by atoms with E-state index in [0.29, 0.717) is 33.7 Å². The number of hydrogen-bond acceptors (Lipinski definition) is 5. The summed E-state index contributed by atoms with van der Waals surface area (Å²) in [5.74, 6) is 1.12. The van der Waals surface area contributed by atoms with Crippen LogP contribution in [0.25, 0.3) is 22.0 Å². The summed E-state index contributed by atoms with van der Waals surface area (Å²) in [6.45, 7) is 0. The molecule has 7 heteroatoms. The first kappa shape index (κ1) is 22.4. The van der Waals surface area contributed by atoms with Crippen molar-refractivity contribution >= 4 is 34.1 Å². The molecular weight excluding hydrogens is 440 g/mol. The first-order valence-electron chi connectivity index (χ1n) is 10.3. The highest BCUT2D eigenvalue weighted by atomic mass is 35.5. The minimum atomic E-state index is -0.267. The summed E-state index contributed by atoms with van der Waals surface area (Å²) in [5.41, 5.74) is 3.63. The van der Waals surface area contributed by atoms with Crippen molar-refractivity contribution in [2.24, 2.45) is 0 Å². The fourth-order valence-corrected chi connectivity index (χ4v) is 4.01. The van der Waals surface area contributed by atoms with Crippen molar-refractivity contribution in [3.8, 4) is 28.5 Å². The molecule has 0 saturated carbocycles. The van der Waals surface area contributed by atoms with Gasteiger partial charge in [0.2, 0.25) is 11.8 Å². The van der Waals surface area contributed by atoms with Gasteiger partial charge < -0.3 is 19.5 Å². The molecule has 33 heavy (non-hydrogen) atoms. The van der Waals surface area contributed by atoms with Crippen LogP contribution in [0.3, 0.4) is 0 Å². The smallest absolute Gasteiger partial charge is 0.229 e. The van der Waals surface area contributed by atoms with Crippen molar-refractivity contribution in [2.45, 2.75) is 6.42 Å². The summed E-state index contributed by atoms with van der Waals surface area (Å²) in [7, 11) is 4.62. The molecule has 1 heterocycles. The highest BCUT2D eigenvalue weighted by molar-refractivity contribution is 6.31. The van der Waals surface area contributed by atoms with Crippen molar-refractivity contribution in [3.05, 3.63) is 77.3 Å². The second-order valence-electron chi connectivity index (χ2n) is 7.26. The van der Waals surface area contributed by atoms with Crippen LogP contribution in [0.5, 0.6) is 17.4 Å². The lowest BCUT2D eigenvalue weighted by Crippen LogP contribution is -2.17. The molecule has 0 aliphatic carbocycles. The summed E-state index contributed by atoms with van der Waals surface area (Å²) in [6.07, 6.45) is 0.0179. The van der Waals surface area contributed by atoms with E-state index in [1.165, 1.54) is 14.2 Å². The Morgan fingerprint density at radius 3 is 2.24 bits per heavy atom. The van der Waals surface area contributed by atoms with Gasteiger partial charge in [-0.05, 0) is 35.9 Å². The number of ether oxygens (including phenoxy) is 3. The number of fused-ring (bicyclic) bond motifs is 1. The molecule has 0 fully saturated rings. The molecule has 0 saturated heterocycles. The molecule has 0 radical (unpaired) electrons. The zero-order valence-electron chi connectivity index (χ0n) is 18.5. The average Bonchev–Trinajstić information content (AvgIpc) is 2.84. The Bertz CT molecular complexity index is 1290. The average molecular weight is 463 g/mol. The van der Waals surface area contributed by atoms with Crippen LogP contribution >= 0.6 is 11.6 Å². The van der Waals surface area contributed by atoms with Gasteiger partial charge in [-0.25, -0.2) is 4.98 Å². The third-order valence-electron chi connectivity index (χ3n) is 5.30. The maximum Gasteiger partial charge on any atom is 0.229 e. The zero-order valence-corrected chi connectivity index (χ0v) is 19.3. The number of aromatic nitrogens is 1. The first-order valence-corrected chi connectivity index (χ1v) is 10.7. The van der Waals surface area contributed by atoms with E-state index in [1.54, 1.807) is 31.4 Å². The van der Waals surface area contributed by atoms with Gasteiger partial charge in [0.25, 0.3) is 0 Å². The topological polar surface area (TPSA) is 69.7 Å². The van der Waals surface area contributed by atoms with Crippen molar-refractivity contribution < 1.29 is 19.0 Å². The Kier molecular flexibility index (Phi) is 6.66. The van der Waals surface area contributed by atoms with Gasteiger partial charge in [-0.1, -0.05) is 48.0 Å². The van der Waals surface area contributed by atoms with Gasteiger partial charge in [-0.15, -0.1) is 0 Å². The van der Waals surface area contributed by atoms with Crippen LogP contribution in [-0.2, 0) is 11.2 Å². The standard InChI is InChI=1S/C26H23ClN2O4/c1-31-21-10-7-11-22(32-2)25(21)29-23(30)15-19-24(16-8-5-4-6-9-16)18-14-17(27)12-13-20(18)28-26(19)33-3/h4-14H,15H2,1-3H3,(H,29,30). The molecule has 1 amide bonds. The summed E-state index contributed by atoms with van der Waals surface area (Å²) in [6, 6.07) is 20.6. The van der Waals surface area contributed by atoms with E-state index in [1.807, 2.05) is 42.5 Å². The van der Waals surface area contributed by atoms with Crippen molar-refractivity contribution in [1.82, 2.24) is 4.98 Å². The number of methoxy groups -OCH3 is 3. The van der Waals surface area contributed by atoms with Crippen LogP contribution in [0.2, 0.25) is 5.02 Å². The number of amides is 1. The molecule has 168 valence electrons. The predicted molar refractivity (Wildman–Crippen MR) is 131 cm³/mol. The number of carbonyl (C=O) groups is 1. The molecule has 0 atom stereocenters. The Balaban J connectivity index is 1.83. The summed E-state index contributed by atoms with van der Waals surface area (Å²) >= 11 is 6.32. The SMILES string of the molecule is COc1cccc(OC)c1NC(=O)Cc1c(OC)nc2ccc(Cl)cc2c1-c1ccccc1. The predicted octanol–water partition coefficient (Wildman–Crippen LogP) is 5.76. The number of para-hydroxylation sites is 1. The van der Waals surface area contributed by atoms with Crippen LogP contribution in [0.15, 0.2) is 66.7 Å². The Labute approximate surface area is 197 Å². The van der Waals surface area contributed by atoms with Gasteiger partial charge in [0.1, 0.15) is 17.2 Å². The van der Waals surface area contributed by atoms with Crippen molar-refractivity contribution in [3.63, 3.8) is 0 Å². The number of anilines is 1. The molecule has 6 nitrogen and oxygen atoms in total. The molecule has 0 aliphatic heterocycles. The van der Waals surface area contributed by atoms with Gasteiger partial charge >= 0.3 is 0 Å². The molecular formula is C26H23ClN2O4. The first-order chi connectivity index (χ1) is 16.0. The normalized spacial score (nSPS) is 10.7. The molecule has 0 aliphatic rings. The molecule has 0 spiro atoms. The molecule has 0 bridgehead atoms. The van der Waals surface area contributed by atoms with Gasteiger partial charge in [0.05, 0.1) is 33.3 Å². The van der Waals surface area contributed by atoms with Crippen LogP contribution in [0, 0.1) is 0 Å². The number of pyridine rings is 1. The highest BCUT2D eigenvalue weighted by Gasteiger charge is 2.22. The zero-order chi connectivity index (χ0) is 23.4. The fourth-order valence-electron chi connectivity index (χ4n) is 3.84. The Hall–Kier alpha value is -3.77. The van der Waals surface area contributed by atoms with Gasteiger partial charge in [0.15, 0.2) is 0 Å². The van der Waals surface area contributed by atoms with Gasteiger partial charge in [0, 0.05) is 21.5 Å². The minimum Gasteiger partial charge on any atom is -0.494 e. The third kappa shape index (κ3) is 4.56. The van der Waals surface area contributed by atoms with Crippen molar-refractivity contribution in [2.75, 3.05) is 26.6 Å². The van der Waals surface area contributed by atoms with E-state index < -0.39 is 0 Å². The Morgan fingerprint density at radius 1 is 0.909 bits per heavy atom. The lowest BCUT2D eigenvalue weighted by molar-refractivity contribution is -0.115. The Morgan fingerprint density at radius 2 is 1.61 bits per heavy atom. The number of nitrogens with one attached hydrogen (secondary N) is 1. The van der Waals surface area contributed by atoms with E-state index in [9.17, 15) is 4.79 Å². The van der Waals surface area contributed by atoms with Gasteiger partial charge in [-0.3, -0.25) is 4.79 Å². The van der Waals surface area contributed by atoms with Crippen LogP contribution in [0.4, 0.5) is 5.69 Å². The number of nitrogens with zero attached hydrogens (tertiary/aromatic N) is 1. The fraction of sp³-hybridized carbons (Fsp3) is 0.154. The number of carbonyl (C=O) groups excluding carboxylic acids is 1. The van der Waals surface area contributed by atoms with E-state index >= 15 is 0 Å². The van der Waals surface area contributed by atoms with Gasteiger partial charge in [-0.2, -0.15) is 0 Å². The molecule has 4 aromatic rings. The van der Waals surface area contributed by atoms with E-state index in [0.717, 1.165) is 22.0 Å². The third-order valence-corrected chi connectivity index (χ3v) is 5.53. The van der Waals surface area contributed by atoms with E-state index in [-0.39, 0.29) is 12.3 Å². The largest absolute Gasteiger partial charge is 0.494 e. The monoisotopic (exact) mass is 462 g/mol. The van der Waals surface area contributed by atoms with Crippen LogP contribution < -0.4 is 19.5 Å². The molecule has 0 unspecified atom stereocenters. The highest BCUT2D eigenvalue weighted by Crippen LogP contribution is 2.38. The number of benzene rings is 3. The maximum atomic E-state index is 13.2. The minimum absolute atomic E-state index is 0.0179. The number of rotatable bonds is 7. The second-order valence-corrected chi connectivity index (χ2v) is 7.70. The molecule has 3 aromatic carbocycles. The number of halogens is 1. The van der Waals surface area contributed by atoms with E-state index in [2.05, 4.69) is 10.3 Å². The molecule has 1 aromatic heterocycles. The lowest BCUT2D eigenvalue weighted by Gasteiger charge is -2.18. The summed E-state index contributed by atoms with van der Waals surface area (Å²) < 4.78 is 16.4. The summed E-state index contributed by atoms with van der Waals surface area (Å²) in [5, 5.41) is 4.34. The number of hydrogen-bond donors (Lipinski definition) is 1. The van der Waals surface area contributed by atoms with Crippen LogP contribution in [-0.4, -0.2) is 32.2 Å². The lowest BCUT2D eigenvalue weighted by atomic mass is 9.94. The van der Waals surface area contributed by atoms with Crippen LogP contribution in [0.1, 0.15) is 5.56 Å². The van der Waals surface area contributed by atoms with Crippen molar-refractivity contribution in [1.29, 1.82) is 0 Å².